The largest absolute Gasteiger partial charge is 0.478 e. The van der Waals surface area contributed by atoms with Crippen molar-refractivity contribution in [3.63, 3.8) is 0 Å². The van der Waals surface area contributed by atoms with Crippen molar-refractivity contribution >= 4 is 23.4 Å². The van der Waals surface area contributed by atoms with E-state index in [0.29, 0.717) is 11.0 Å². The van der Waals surface area contributed by atoms with E-state index in [1.165, 1.54) is 12.1 Å². The van der Waals surface area contributed by atoms with Gasteiger partial charge in [0.25, 0.3) is 0 Å². The molecule has 92 valence electrons. The Balaban J connectivity index is 2.38. The molecule has 0 radical (unpaired) electrons. The molecule has 2 rings (SSSR count). The first-order chi connectivity index (χ1) is 7.89. The van der Waals surface area contributed by atoms with E-state index in [-0.39, 0.29) is 11.0 Å². The number of hydrogen-bond donors (Lipinski definition) is 1. The molecule has 2 heterocycles. The predicted molar refractivity (Wildman–Crippen MR) is 66.8 cm³/mol. The maximum atomic E-state index is 11.1. The van der Waals surface area contributed by atoms with Crippen LogP contribution in [0.1, 0.15) is 30.6 Å². The standard InChI is InChI=1S/C12H15ClN2O2/c1-12(2)5-6-15(7-12)10-8(11(16)17)3-4-9(13)14-10/h3-4H,5-7H2,1-2H3,(H,16,17). The van der Waals surface area contributed by atoms with Crippen molar-refractivity contribution in [2.24, 2.45) is 5.41 Å². The summed E-state index contributed by atoms with van der Waals surface area (Å²) in [6.45, 7) is 5.96. The molecule has 1 saturated heterocycles. The van der Waals surface area contributed by atoms with Gasteiger partial charge in [0.05, 0.1) is 0 Å². The lowest BCUT2D eigenvalue weighted by molar-refractivity contribution is 0.0697. The van der Waals surface area contributed by atoms with Gasteiger partial charge in [-0.15, -0.1) is 0 Å². The molecule has 1 aromatic heterocycles. The maximum Gasteiger partial charge on any atom is 0.339 e. The van der Waals surface area contributed by atoms with Crippen LogP contribution in [-0.4, -0.2) is 29.1 Å². The van der Waals surface area contributed by atoms with Crippen molar-refractivity contribution in [3.8, 4) is 0 Å². The number of halogens is 1. The van der Waals surface area contributed by atoms with Gasteiger partial charge in [-0.2, -0.15) is 0 Å². The minimum atomic E-state index is -0.964. The van der Waals surface area contributed by atoms with Gasteiger partial charge in [0.2, 0.25) is 0 Å². The molecule has 0 saturated carbocycles. The monoisotopic (exact) mass is 254 g/mol. The molecular formula is C12H15ClN2O2. The van der Waals surface area contributed by atoms with Crippen molar-refractivity contribution in [3.05, 3.63) is 22.8 Å². The lowest BCUT2D eigenvalue weighted by atomic mass is 9.93. The summed E-state index contributed by atoms with van der Waals surface area (Å²) in [6.07, 6.45) is 1.03. The highest BCUT2D eigenvalue weighted by molar-refractivity contribution is 6.29. The molecule has 1 aromatic rings. The Hall–Kier alpha value is -1.29. The van der Waals surface area contributed by atoms with Gasteiger partial charge in [-0.05, 0) is 24.0 Å². The van der Waals surface area contributed by atoms with Crippen LogP contribution >= 0.6 is 11.6 Å². The number of pyridine rings is 1. The van der Waals surface area contributed by atoms with E-state index in [2.05, 4.69) is 18.8 Å². The lowest BCUT2D eigenvalue weighted by Gasteiger charge is -2.22. The summed E-state index contributed by atoms with van der Waals surface area (Å²) < 4.78 is 0. The molecular weight excluding hydrogens is 240 g/mol. The zero-order chi connectivity index (χ0) is 12.6. The number of carbonyl (C=O) groups is 1. The van der Waals surface area contributed by atoms with E-state index in [0.717, 1.165) is 19.5 Å². The van der Waals surface area contributed by atoms with Crippen LogP contribution in [0, 0.1) is 5.41 Å². The molecule has 0 atom stereocenters. The minimum absolute atomic E-state index is 0.194. The Labute approximate surface area is 105 Å². The van der Waals surface area contributed by atoms with Gasteiger partial charge in [0.15, 0.2) is 0 Å². The van der Waals surface area contributed by atoms with Crippen molar-refractivity contribution in [2.75, 3.05) is 18.0 Å². The quantitative estimate of drug-likeness (QED) is 0.825. The van der Waals surface area contributed by atoms with Crippen LogP contribution in [0.25, 0.3) is 0 Å². The summed E-state index contributed by atoms with van der Waals surface area (Å²) in [5.74, 6) is -0.482. The summed E-state index contributed by atoms with van der Waals surface area (Å²) in [7, 11) is 0. The van der Waals surface area contributed by atoms with Gasteiger partial charge in [-0.25, -0.2) is 9.78 Å². The first-order valence-electron chi connectivity index (χ1n) is 5.54. The van der Waals surface area contributed by atoms with Gasteiger partial charge in [-0.3, -0.25) is 0 Å². The minimum Gasteiger partial charge on any atom is -0.478 e. The molecule has 1 N–H and O–H groups in total. The second kappa shape index (κ2) is 4.18. The van der Waals surface area contributed by atoms with Gasteiger partial charge in [-0.1, -0.05) is 25.4 Å². The van der Waals surface area contributed by atoms with Crippen molar-refractivity contribution in [1.82, 2.24) is 4.98 Å². The Morgan fingerprint density at radius 3 is 2.76 bits per heavy atom. The SMILES string of the molecule is CC1(C)CCN(c2nc(Cl)ccc2C(=O)O)C1. The number of anilines is 1. The van der Waals surface area contributed by atoms with Gasteiger partial charge >= 0.3 is 5.97 Å². The summed E-state index contributed by atoms with van der Waals surface area (Å²) in [5.41, 5.74) is 0.409. The fraction of sp³-hybridized carbons (Fsp3) is 0.500. The molecule has 1 fully saturated rings. The van der Waals surface area contributed by atoms with Crippen LogP contribution < -0.4 is 4.90 Å². The topological polar surface area (TPSA) is 53.4 Å². The Bertz CT molecular complexity index is 460. The first kappa shape index (κ1) is 12.2. The molecule has 0 bridgehead atoms. The third kappa shape index (κ3) is 2.52. The zero-order valence-electron chi connectivity index (χ0n) is 9.90. The van der Waals surface area contributed by atoms with E-state index in [4.69, 9.17) is 16.7 Å². The van der Waals surface area contributed by atoms with Gasteiger partial charge in [0, 0.05) is 13.1 Å². The molecule has 0 spiro atoms. The molecule has 17 heavy (non-hydrogen) atoms. The second-order valence-electron chi connectivity index (χ2n) is 5.15. The molecule has 1 aliphatic heterocycles. The molecule has 1 aliphatic rings. The summed E-state index contributed by atoms with van der Waals surface area (Å²) >= 11 is 5.84. The number of nitrogens with zero attached hydrogens (tertiary/aromatic N) is 2. The van der Waals surface area contributed by atoms with Crippen LogP contribution in [0.4, 0.5) is 5.82 Å². The van der Waals surface area contributed by atoms with Crippen molar-refractivity contribution in [2.45, 2.75) is 20.3 Å². The number of rotatable bonds is 2. The fourth-order valence-corrected chi connectivity index (χ4v) is 2.27. The zero-order valence-corrected chi connectivity index (χ0v) is 10.7. The molecule has 5 heteroatoms. The average molecular weight is 255 g/mol. The molecule has 0 amide bonds. The van der Waals surface area contributed by atoms with Crippen LogP contribution in [0.5, 0.6) is 0 Å². The summed E-state index contributed by atoms with van der Waals surface area (Å²) in [4.78, 5) is 17.3. The predicted octanol–water partition coefficient (Wildman–Crippen LogP) is 2.67. The maximum absolute atomic E-state index is 11.1. The summed E-state index contributed by atoms with van der Waals surface area (Å²) in [6, 6.07) is 3.02. The fourth-order valence-electron chi connectivity index (χ4n) is 2.13. The number of hydrogen-bond acceptors (Lipinski definition) is 3. The third-order valence-electron chi connectivity index (χ3n) is 3.05. The first-order valence-corrected chi connectivity index (χ1v) is 5.92. The molecule has 0 aliphatic carbocycles. The molecule has 0 aromatic carbocycles. The van der Waals surface area contributed by atoms with E-state index >= 15 is 0 Å². The second-order valence-corrected chi connectivity index (χ2v) is 5.53. The highest BCUT2D eigenvalue weighted by Gasteiger charge is 2.32. The number of aromatic nitrogens is 1. The normalized spacial score (nSPS) is 18.4. The highest BCUT2D eigenvalue weighted by atomic mass is 35.5. The van der Waals surface area contributed by atoms with Crippen LogP contribution in [-0.2, 0) is 0 Å². The highest BCUT2D eigenvalue weighted by Crippen LogP contribution is 2.33. The van der Waals surface area contributed by atoms with E-state index < -0.39 is 5.97 Å². The van der Waals surface area contributed by atoms with Crippen molar-refractivity contribution < 1.29 is 9.90 Å². The Morgan fingerprint density at radius 1 is 1.53 bits per heavy atom. The van der Waals surface area contributed by atoms with E-state index in [1.807, 2.05) is 4.90 Å². The Kier molecular flexibility index (Phi) is 3.00. The smallest absolute Gasteiger partial charge is 0.339 e. The van der Waals surface area contributed by atoms with Crippen LogP contribution in [0.3, 0.4) is 0 Å². The van der Waals surface area contributed by atoms with Crippen LogP contribution in [0.2, 0.25) is 5.15 Å². The number of carboxylic acids is 1. The summed E-state index contributed by atoms with van der Waals surface area (Å²) in [5, 5.41) is 9.47. The van der Waals surface area contributed by atoms with Crippen LogP contribution in [0.15, 0.2) is 12.1 Å². The molecule has 4 nitrogen and oxygen atoms in total. The lowest BCUT2D eigenvalue weighted by Crippen LogP contribution is -2.25. The van der Waals surface area contributed by atoms with Crippen molar-refractivity contribution in [1.29, 1.82) is 0 Å². The number of carboxylic acid groups (broad SMARTS) is 1. The van der Waals surface area contributed by atoms with Gasteiger partial charge in [0.1, 0.15) is 16.5 Å². The third-order valence-corrected chi connectivity index (χ3v) is 3.26. The Morgan fingerprint density at radius 2 is 2.24 bits per heavy atom. The van der Waals surface area contributed by atoms with E-state index in [1.54, 1.807) is 0 Å². The van der Waals surface area contributed by atoms with E-state index in [9.17, 15) is 4.79 Å². The number of aromatic carboxylic acids is 1. The molecule has 0 unspecified atom stereocenters. The van der Waals surface area contributed by atoms with Gasteiger partial charge < -0.3 is 10.0 Å². The average Bonchev–Trinajstić information content (AvgIpc) is 2.58.